The predicted molar refractivity (Wildman–Crippen MR) is 539 cm³/mol. The van der Waals surface area contributed by atoms with Gasteiger partial charge in [-0.2, -0.15) is 0 Å². The molecule has 0 bridgehead atoms. The molecular weight excluding hydrogens is 1850 g/mol. The van der Waals surface area contributed by atoms with Gasteiger partial charge in [0.05, 0.1) is 122 Å². The van der Waals surface area contributed by atoms with Crippen LogP contribution in [0, 0.1) is 34.6 Å². The van der Waals surface area contributed by atoms with Crippen LogP contribution in [0.25, 0.3) is 88.6 Å². The minimum Gasteiger partial charge on any atom is -0.359 e. The van der Waals surface area contributed by atoms with Crippen molar-refractivity contribution in [3.05, 3.63) is 347 Å². The van der Waals surface area contributed by atoms with Gasteiger partial charge in [-0.05, 0) is 268 Å². The summed E-state index contributed by atoms with van der Waals surface area (Å²) in [6, 6.07) is 80.3. The second kappa shape index (κ2) is 41.0. The van der Waals surface area contributed by atoms with Crippen LogP contribution in [-0.4, -0.2) is 164 Å². The third-order valence-electron chi connectivity index (χ3n) is 23.5. The number of aromatic nitrogens is 6. The number of nitrogens with one attached hydrogen (secondary N) is 4. The van der Waals surface area contributed by atoms with Gasteiger partial charge in [-0.3, -0.25) is 34.1 Å². The van der Waals surface area contributed by atoms with Crippen LogP contribution in [-0.2, 0) is 59.0 Å². The third-order valence-corrected chi connectivity index (χ3v) is 30.5. The second-order valence-electron chi connectivity index (χ2n) is 32.8. The number of para-hydroxylation sites is 1. The Hall–Kier alpha value is -14.9. The number of pyridine rings is 6. The number of hydrogen-bond donors (Lipinski definition) is 4. The molecule has 10 heterocycles. The van der Waals surface area contributed by atoms with Gasteiger partial charge < -0.3 is 40.2 Å². The molecule has 16 aromatic rings. The van der Waals surface area contributed by atoms with Gasteiger partial charge in [0.2, 0.25) is 40.1 Å². The van der Waals surface area contributed by atoms with E-state index in [4.69, 9.17) is 40.5 Å². The lowest BCUT2D eigenvalue weighted by molar-refractivity contribution is 0.101. The van der Waals surface area contributed by atoms with Crippen molar-refractivity contribution in [2.75, 3.05) is 115 Å². The van der Waals surface area contributed by atoms with E-state index in [2.05, 4.69) is 47.3 Å². The smallest absolute Gasteiger partial charge is 0.255 e. The van der Waals surface area contributed by atoms with E-state index < -0.39 is 40.1 Å². The number of benzene rings is 10. The first kappa shape index (κ1) is 94.9. The summed E-state index contributed by atoms with van der Waals surface area (Å²) >= 11 is 6.45. The average Bonchev–Trinajstić information content (AvgIpc) is 0.840. The van der Waals surface area contributed by atoms with Gasteiger partial charge in [0, 0.05) is 108 Å². The number of sulfonamides is 4. The lowest BCUT2D eigenvalue weighted by atomic mass is 9.99. The number of amides is 4. The van der Waals surface area contributed by atoms with Crippen molar-refractivity contribution < 1.29 is 71.8 Å². The standard InChI is InChI=1S/C27H25N3O4S.C26H23N3O4S.C25H21ClN4O4S.C25H22N4O4S/c1-18-7-8-21(16-25(18)26-24-6-4-3-5-20(24)11-12-28-26)29-27(31)23-10-9-22(15-19(23)2)30-17-34-13-14-35(30,32)33;1-18-6-10-21(16-23(18)25-13-9-19-4-2-3-5-24(19)28-25)27-26(30)20-7-11-22(12-8-20)29-17-33-14-15-34(29,31)32;1-16-12-19(30-15-34-10-11-35(30,32)33)4-5-20(16)25(31)28-18-3-6-22(26)21(13-18)24-7-2-17-14-27-9-8-23(17)29-24;1-17-4-7-19(15-21(17)22-10-11-23-24(28-22)3-2-12-26-23)27-25(30)18-5-8-20(9-6-18)29-16-33-13-14-34(29,31)32/h3-12,15-16H,13-14,17H2,1-2H3,(H,29,31);2-13,16H,14-15,17H2,1H3,(H,27,30);2-9,12-14H,10-11,15H2,1H3,(H,28,31);2-12,15H,13-14,16H2,1H3,(H,27,30). The van der Waals surface area contributed by atoms with Gasteiger partial charge in [0.25, 0.3) is 23.6 Å². The van der Waals surface area contributed by atoms with Gasteiger partial charge in [-0.1, -0.05) is 78.3 Å². The lowest BCUT2D eigenvalue weighted by Crippen LogP contribution is -2.41. The number of rotatable bonds is 16. The summed E-state index contributed by atoms with van der Waals surface area (Å²) < 4.78 is 124. The maximum Gasteiger partial charge on any atom is 0.255 e. The van der Waals surface area contributed by atoms with E-state index in [0.29, 0.717) is 95.2 Å². The third kappa shape index (κ3) is 21.7. The van der Waals surface area contributed by atoms with Crippen LogP contribution in [0.1, 0.15) is 69.2 Å². The highest BCUT2D eigenvalue weighted by Crippen LogP contribution is 2.37. The number of fused-ring (bicyclic) bond motifs is 4. The molecule has 138 heavy (non-hydrogen) atoms. The molecule has 0 unspecified atom stereocenters. The molecule has 20 rings (SSSR count). The van der Waals surface area contributed by atoms with Crippen molar-refractivity contribution >= 4 is 164 Å². The molecule has 700 valence electrons. The second-order valence-corrected chi connectivity index (χ2v) is 41.2. The van der Waals surface area contributed by atoms with Crippen LogP contribution < -0.4 is 38.5 Å². The van der Waals surface area contributed by atoms with E-state index in [9.17, 15) is 52.8 Å². The van der Waals surface area contributed by atoms with Gasteiger partial charge >= 0.3 is 0 Å². The van der Waals surface area contributed by atoms with Gasteiger partial charge in [0.1, 0.15) is 26.9 Å². The SMILES string of the molecule is Cc1cc(N2COCCS2(=O)=O)ccc1C(=O)Nc1ccc(C)c(-c2nccc3ccccc23)c1.Cc1cc(N2COCCS2(=O)=O)ccc1C(=O)Nc1ccc(Cl)c(-c2ccc3cnccc3n2)c1.Cc1ccc(NC(=O)c2ccc(N3COCCS3(=O)=O)cc2)cc1-c1ccc2ccccc2n1.Cc1ccc(NC(=O)c2ccc(N3COCCS3(=O)=O)cc2)cc1-c1ccc2ncccc2n1. The lowest BCUT2D eigenvalue weighted by Gasteiger charge is -2.28. The van der Waals surface area contributed by atoms with Crippen molar-refractivity contribution in [1.82, 2.24) is 29.9 Å². The molecule has 0 saturated carbocycles. The zero-order valence-corrected chi connectivity index (χ0v) is 79.2. The highest BCUT2D eigenvalue weighted by molar-refractivity contribution is 7.93. The van der Waals surface area contributed by atoms with E-state index in [1.807, 2.05) is 178 Å². The Labute approximate surface area is 801 Å². The number of ether oxygens (including phenoxy) is 4. The van der Waals surface area contributed by atoms with Crippen LogP contribution in [0.5, 0.6) is 0 Å². The molecule has 0 aliphatic carbocycles. The molecule has 10 aromatic carbocycles. The summed E-state index contributed by atoms with van der Waals surface area (Å²) in [7, 11) is -13.7. The van der Waals surface area contributed by atoms with Crippen LogP contribution in [0.3, 0.4) is 0 Å². The maximum atomic E-state index is 13.1. The number of carbonyl (C=O) groups excluding carboxylic acids is 4. The molecule has 4 amide bonds. The molecule has 0 spiro atoms. The summed E-state index contributed by atoms with van der Waals surface area (Å²) in [4.78, 5) is 79.0. The summed E-state index contributed by atoms with van der Waals surface area (Å²) in [5.74, 6) is -1.43. The average molecular weight is 1940 g/mol. The Balaban J connectivity index is 0.000000127. The minimum absolute atomic E-state index is 0.0250. The van der Waals surface area contributed by atoms with Gasteiger partial charge in [-0.25, -0.2) is 65.8 Å². The van der Waals surface area contributed by atoms with Crippen LogP contribution in [0.15, 0.2) is 292 Å². The Bertz CT molecular complexity index is 7690. The van der Waals surface area contributed by atoms with Crippen LogP contribution in [0.4, 0.5) is 45.5 Å². The number of hydrogen-bond acceptors (Lipinski definition) is 22. The topological polar surface area (TPSA) is 380 Å². The summed E-state index contributed by atoms with van der Waals surface area (Å²) in [5.41, 5.74) is 20.5. The van der Waals surface area contributed by atoms with E-state index in [1.54, 1.807) is 142 Å². The molecule has 4 saturated heterocycles. The molecule has 4 N–H and O–H groups in total. The van der Waals surface area contributed by atoms with Crippen LogP contribution >= 0.6 is 11.6 Å². The molecule has 6 aromatic heterocycles. The van der Waals surface area contributed by atoms with Crippen molar-refractivity contribution in [2.24, 2.45) is 0 Å². The Morgan fingerprint density at radius 3 is 1.22 bits per heavy atom. The first-order chi connectivity index (χ1) is 66.5. The van der Waals surface area contributed by atoms with E-state index in [-0.39, 0.29) is 100.0 Å². The Morgan fingerprint density at radius 2 is 0.717 bits per heavy atom. The zero-order valence-electron chi connectivity index (χ0n) is 75.2. The quantitative estimate of drug-likeness (QED) is 0.0698. The number of nitrogens with zero attached hydrogens (tertiary/aromatic N) is 10. The summed E-state index contributed by atoms with van der Waals surface area (Å²) in [5, 5.41) is 16.4. The molecule has 4 fully saturated rings. The predicted octanol–water partition coefficient (Wildman–Crippen LogP) is 18.1. The van der Waals surface area contributed by atoms with Gasteiger partial charge in [0.15, 0.2) is 0 Å². The normalized spacial score (nSPS) is 15.2. The Morgan fingerprint density at radius 1 is 0.319 bits per heavy atom. The molecule has 0 atom stereocenters. The van der Waals surface area contributed by atoms with E-state index in [0.717, 1.165) is 94.1 Å². The zero-order chi connectivity index (χ0) is 96.6. The molecule has 35 heteroatoms. The van der Waals surface area contributed by atoms with Crippen molar-refractivity contribution in [1.29, 1.82) is 0 Å². The fourth-order valence-electron chi connectivity index (χ4n) is 15.9. The van der Waals surface area contributed by atoms with E-state index in [1.165, 1.54) is 17.2 Å². The summed E-state index contributed by atoms with van der Waals surface area (Å²) in [6.07, 6.45) is 6.95. The maximum absolute atomic E-state index is 13.1. The van der Waals surface area contributed by atoms with Crippen molar-refractivity contribution in [3.63, 3.8) is 0 Å². The highest BCUT2D eigenvalue weighted by atomic mass is 35.5. The van der Waals surface area contributed by atoms with Crippen molar-refractivity contribution in [2.45, 2.75) is 34.6 Å². The first-order valence-electron chi connectivity index (χ1n) is 43.7. The van der Waals surface area contributed by atoms with Crippen molar-refractivity contribution in [3.8, 4) is 45.0 Å². The summed E-state index contributed by atoms with van der Waals surface area (Å²) in [6.45, 7) is 10.2. The highest BCUT2D eigenvalue weighted by Gasteiger charge is 2.32. The number of aryl methyl sites for hydroxylation is 5. The molecule has 0 radical (unpaired) electrons. The fourth-order valence-corrected chi connectivity index (χ4v) is 21.0. The van der Waals surface area contributed by atoms with E-state index >= 15 is 0 Å². The molecule has 4 aliphatic heterocycles. The first-order valence-corrected chi connectivity index (χ1v) is 50.5. The monoisotopic (exact) mass is 1940 g/mol. The number of halogens is 1. The fraction of sp³-hybridized carbons (Fsp3) is 0.165. The number of carbonyl (C=O) groups is 4. The minimum atomic E-state index is -3.44. The largest absolute Gasteiger partial charge is 0.359 e. The molecule has 4 aliphatic rings. The molecular formula is C103H91ClN14O16S4. The molecule has 30 nitrogen and oxygen atoms in total. The number of anilines is 8. The van der Waals surface area contributed by atoms with Gasteiger partial charge in [-0.15, -0.1) is 0 Å². The van der Waals surface area contributed by atoms with Crippen LogP contribution in [0.2, 0.25) is 5.02 Å². The Kier molecular flexibility index (Phi) is 28.2.